The van der Waals surface area contributed by atoms with Gasteiger partial charge in [-0.25, -0.2) is 8.42 Å². The summed E-state index contributed by atoms with van der Waals surface area (Å²) in [6, 6.07) is 0. The van der Waals surface area contributed by atoms with E-state index in [0.29, 0.717) is 19.7 Å². The molecule has 0 amide bonds. The maximum Gasteiger partial charge on any atom is 0.246 e. The molecule has 1 fully saturated rings. The molecular formula is C10H17N3O3S. The van der Waals surface area contributed by atoms with Gasteiger partial charge in [-0.3, -0.25) is 4.68 Å². The van der Waals surface area contributed by atoms with E-state index in [1.807, 2.05) is 6.92 Å². The molecule has 1 aromatic rings. The molecule has 0 saturated carbocycles. The number of sulfonamides is 1. The second kappa shape index (κ2) is 4.75. The van der Waals surface area contributed by atoms with Crippen molar-refractivity contribution in [3.05, 3.63) is 12.4 Å². The van der Waals surface area contributed by atoms with E-state index in [-0.39, 0.29) is 11.0 Å². The summed E-state index contributed by atoms with van der Waals surface area (Å²) >= 11 is 0. The fourth-order valence-electron chi connectivity index (χ4n) is 1.84. The number of aryl methyl sites for hydroxylation is 1. The Balaban J connectivity index is 2.21. The highest BCUT2D eigenvalue weighted by Crippen LogP contribution is 2.18. The molecule has 7 heteroatoms. The van der Waals surface area contributed by atoms with Gasteiger partial charge in [0.2, 0.25) is 10.0 Å². The quantitative estimate of drug-likeness (QED) is 0.779. The van der Waals surface area contributed by atoms with Gasteiger partial charge in [0.1, 0.15) is 4.90 Å². The van der Waals surface area contributed by atoms with E-state index in [1.54, 1.807) is 7.05 Å². The summed E-state index contributed by atoms with van der Waals surface area (Å²) in [4.78, 5) is 0.247. The van der Waals surface area contributed by atoms with Crippen molar-refractivity contribution in [3.8, 4) is 0 Å². The highest BCUT2D eigenvalue weighted by atomic mass is 32.2. The standard InChI is InChI=1S/C10H17N3O3S/c1-3-9-7-13(4-5-16-9)17(14,15)10-6-11-12(2)8-10/h6,8-9H,3-5,7H2,1-2H3. The Labute approximate surface area is 101 Å². The van der Waals surface area contributed by atoms with Crippen molar-refractivity contribution in [2.75, 3.05) is 19.7 Å². The molecule has 6 nitrogen and oxygen atoms in total. The highest BCUT2D eigenvalue weighted by molar-refractivity contribution is 7.89. The van der Waals surface area contributed by atoms with Crippen LogP contribution < -0.4 is 0 Å². The first-order valence-electron chi connectivity index (χ1n) is 5.64. The molecule has 1 unspecified atom stereocenters. The molecule has 1 aliphatic heterocycles. The van der Waals surface area contributed by atoms with Crippen LogP contribution in [0.15, 0.2) is 17.3 Å². The van der Waals surface area contributed by atoms with Crippen molar-refractivity contribution in [2.24, 2.45) is 7.05 Å². The van der Waals surface area contributed by atoms with E-state index in [9.17, 15) is 8.42 Å². The maximum atomic E-state index is 12.3. The average Bonchev–Trinajstić information content (AvgIpc) is 2.76. The molecule has 0 bridgehead atoms. The van der Waals surface area contributed by atoms with Gasteiger partial charge in [-0.2, -0.15) is 9.40 Å². The number of rotatable bonds is 3. The largest absolute Gasteiger partial charge is 0.375 e. The predicted molar refractivity (Wildman–Crippen MR) is 62.0 cm³/mol. The van der Waals surface area contributed by atoms with E-state index in [0.717, 1.165) is 6.42 Å². The van der Waals surface area contributed by atoms with Gasteiger partial charge < -0.3 is 4.74 Å². The molecule has 17 heavy (non-hydrogen) atoms. The Morgan fingerprint density at radius 3 is 2.94 bits per heavy atom. The minimum absolute atomic E-state index is 0.00445. The van der Waals surface area contributed by atoms with Crippen LogP contribution in [0.3, 0.4) is 0 Å². The van der Waals surface area contributed by atoms with Crippen molar-refractivity contribution in [3.63, 3.8) is 0 Å². The third-order valence-corrected chi connectivity index (χ3v) is 4.69. The van der Waals surface area contributed by atoms with Gasteiger partial charge in [-0.05, 0) is 6.42 Å². The fourth-order valence-corrected chi connectivity index (χ4v) is 3.28. The minimum Gasteiger partial charge on any atom is -0.375 e. The van der Waals surface area contributed by atoms with E-state index >= 15 is 0 Å². The van der Waals surface area contributed by atoms with Gasteiger partial charge in [0.05, 0.1) is 18.9 Å². The van der Waals surface area contributed by atoms with Crippen LogP contribution >= 0.6 is 0 Å². The molecule has 1 saturated heterocycles. The van der Waals surface area contributed by atoms with E-state index < -0.39 is 10.0 Å². The number of aromatic nitrogens is 2. The highest BCUT2D eigenvalue weighted by Gasteiger charge is 2.30. The molecular weight excluding hydrogens is 242 g/mol. The lowest BCUT2D eigenvalue weighted by Crippen LogP contribution is -2.45. The predicted octanol–water partition coefficient (Wildman–Crippen LogP) is 0.220. The summed E-state index contributed by atoms with van der Waals surface area (Å²) < 4.78 is 33.0. The number of nitrogens with zero attached hydrogens (tertiary/aromatic N) is 3. The molecule has 0 radical (unpaired) electrons. The lowest BCUT2D eigenvalue weighted by atomic mass is 10.2. The number of hydrogen-bond donors (Lipinski definition) is 0. The Kier molecular flexibility index (Phi) is 3.50. The van der Waals surface area contributed by atoms with Crippen molar-refractivity contribution >= 4 is 10.0 Å². The van der Waals surface area contributed by atoms with Gasteiger partial charge in [-0.15, -0.1) is 0 Å². The smallest absolute Gasteiger partial charge is 0.246 e. The van der Waals surface area contributed by atoms with Crippen molar-refractivity contribution < 1.29 is 13.2 Å². The molecule has 1 aliphatic rings. The van der Waals surface area contributed by atoms with Crippen LogP contribution in [-0.2, 0) is 21.8 Å². The summed E-state index contributed by atoms with van der Waals surface area (Å²) in [7, 11) is -1.71. The zero-order valence-electron chi connectivity index (χ0n) is 10.0. The topological polar surface area (TPSA) is 64.4 Å². The molecule has 0 aromatic carbocycles. The average molecular weight is 259 g/mol. The van der Waals surface area contributed by atoms with Crippen LogP contribution in [0.4, 0.5) is 0 Å². The second-order valence-electron chi connectivity index (χ2n) is 4.11. The first-order valence-corrected chi connectivity index (χ1v) is 7.08. The molecule has 0 aliphatic carbocycles. The molecule has 2 heterocycles. The first kappa shape index (κ1) is 12.5. The SMILES string of the molecule is CCC1CN(S(=O)(=O)c2cnn(C)c2)CCO1. The van der Waals surface area contributed by atoms with Gasteiger partial charge in [0, 0.05) is 26.3 Å². The minimum atomic E-state index is -3.41. The number of morpholine rings is 1. The van der Waals surface area contributed by atoms with Crippen LogP contribution in [0.5, 0.6) is 0 Å². The summed E-state index contributed by atoms with van der Waals surface area (Å²) in [6.07, 6.45) is 3.71. The van der Waals surface area contributed by atoms with E-state index in [1.165, 1.54) is 21.4 Å². The molecule has 1 aromatic heterocycles. The lowest BCUT2D eigenvalue weighted by molar-refractivity contribution is -0.00278. The van der Waals surface area contributed by atoms with Crippen molar-refractivity contribution in [2.45, 2.75) is 24.3 Å². The first-order chi connectivity index (χ1) is 8.04. The van der Waals surface area contributed by atoms with Crippen LogP contribution in [-0.4, -0.2) is 48.3 Å². The van der Waals surface area contributed by atoms with Gasteiger partial charge in [0.25, 0.3) is 0 Å². The Morgan fingerprint density at radius 2 is 2.35 bits per heavy atom. The zero-order chi connectivity index (χ0) is 12.5. The number of hydrogen-bond acceptors (Lipinski definition) is 4. The Hall–Kier alpha value is -0.920. The fraction of sp³-hybridized carbons (Fsp3) is 0.700. The monoisotopic (exact) mass is 259 g/mol. The van der Waals surface area contributed by atoms with Crippen LogP contribution in [0.25, 0.3) is 0 Å². The summed E-state index contributed by atoms with van der Waals surface area (Å²) in [5, 5.41) is 3.90. The lowest BCUT2D eigenvalue weighted by Gasteiger charge is -2.31. The van der Waals surface area contributed by atoms with Crippen LogP contribution in [0.1, 0.15) is 13.3 Å². The third-order valence-electron chi connectivity index (χ3n) is 2.88. The summed E-state index contributed by atoms with van der Waals surface area (Å²) in [5.41, 5.74) is 0. The third kappa shape index (κ3) is 2.51. The van der Waals surface area contributed by atoms with Gasteiger partial charge >= 0.3 is 0 Å². The maximum absolute atomic E-state index is 12.3. The summed E-state index contributed by atoms with van der Waals surface area (Å²) in [5.74, 6) is 0. The molecule has 0 spiro atoms. The zero-order valence-corrected chi connectivity index (χ0v) is 10.9. The normalized spacial score (nSPS) is 22.8. The van der Waals surface area contributed by atoms with E-state index in [2.05, 4.69) is 5.10 Å². The van der Waals surface area contributed by atoms with Crippen LogP contribution in [0, 0.1) is 0 Å². The Morgan fingerprint density at radius 1 is 1.59 bits per heavy atom. The number of ether oxygens (including phenoxy) is 1. The summed E-state index contributed by atoms with van der Waals surface area (Å²) in [6.45, 7) is 3.28. The van der Waals surface area contributed by atoms with Crippen molar-refractivity contribution in [1.29, 1.82) is 0 Å². The van der Waals surface area contributed by atoms with E-state index in [4.69, 9.17) is 4.74 Å². The van der Waals surface area contributed by atoms with Crippen molar-refractivity contribution in [1.82, 2.24) is 14.1 Å². The molecule has 96 valence electrons. The van der Waals surface area contributed by atoms with Crippen LogP contribution in [0.2, 0.25) is 0 Å². The van der Waals surface area contributed by atoms with Gasteiger partial charge in [0.15, 0.2) is 0 Å². The Bertz CT molecular complexity index is 483. The molecule has 0 N–H and O–H groups in total. The molecule has 2 rings (SSSR count). The van der Waals surface area contributed by atoms with Gasteiger partial charge in [-0.1, -0.05) is 6.92 Å². The second-order valence-corrected chi connectivity index (χ2v) is 6.05. The molecule has 1 atom stereocenters.